The maximum atomic E-state index is 10.9. The molecule has 1 rings (SSSR count). The number of carbonyl (C=O) groups is 2. The summed E-state index contributed by atoms with van der Waals surface area (Å²) in [7, 11) is 0. The molecule has 17 heavy (non-hydrogen) atoms. The van der Waals surface area contributed by atoms with Gasteiger partial charge in [-0.3, -0.25) is 9.59 Å². The van der Waals surface area contributed by atoms with Crippen LogP contribution < -0.4 is 0 Å². The van der Waals surface area contributed by atoms with Crippen LogP contribution in [0.4, 0.5) is 0 Å². The fourth-order valence-corrected chi connectivity index (χ4v) is 1.27. The highest BCUT2D eigenvalue weighted by molar-refractivity contribution is 6.30. The highest BCUT2D eigenvalue weighted by Crippen LogP contribution is 2.20. The highest BCUT2D eigenvalue weighted by Gasteiger charge is 2.08. The van der Waals surface area contributed by atoms with Gasteiger partial charge in [0, 0.05) is 24.4 Å². The average Bonchev–Trinajstić information content (AvgIpc) is 2.23. The van der Waals surface area contributed by atoms with Gasteiger partial charge >= 0.3 is 11.9 Å². The smallest absolute Gasteiger partial charge is 0.308 e. The molecule has 0 amide bonds. The summed E-state index contributed by atoms with van der Waals surface area (Å²) < 4.78 is 9.61. The summed E-state index contributed by atoms with van der Waals surface area (Å²) in [5, 5.41) is 0.489. The Labute approximate surface area is 104 Å². The molecule has 0 atom stereocenters. The summed E-state index contributed by atoms with van der Waals surface area (Å²) in [4.78, 5) is 21.6. The molecule has 0 N–H and O–H groups in total. The van der Waals surface area contributed by atoms with Crippen molar-refractivity contribution in [1.82, 2.24) is 0 Å². The number of rotatable bonds is 3. The Morgan fingerprint density at radius 2 is 1.94 bits per heavy atom. The van der Waals surface area contributed by atoms with Crippen LogP contribution in [0, 0.1) is 0 Å². The van der Waals surface area contributed by atoms with Crippen LogP contribution in [-0.4, -0.2) is 11.9 Å². The third-order valence-corrected chi connectivity index (χ3v) is 1.93. The van der Waals surface area contributed by atoms with Crippen molar-refractivity contribution in [2.24, 2.45) is 0 Å². The quantitative estimate of drug-likeness (QED) is 0.615. The number of esters is 2. The van der Waals surface area contributed by atoms with Crippen molar-refractivity contribution in [1.29, 1.82) is 0 Å². The van der Waals surface area contributed by atoms with Crippen molar-refractivity contribution in [2.75, 3.05) is 0 Å². The second kappa shape index (κ2) is 6.06. The predicted molar refractivity (Wildman–Crippen MR) is 63.0 cm³/mol. The van der Waals surface area contributed by atoms with E-state index in [-0.39, 0.29) is 5.76 Å². The minimum atomic E-state index is -0.511. The minimum absolute atomic E-state index is 0.134. The Balaban J connectivity index is 3.01. The predicted octanol–water partition coefficient (Wildman–Crippen LogP) is 2.76. The molecule has 0 aliphatic heterocycles. The lowest BCUT2D eigenvalue weighted by Crippen LogP contribution is -2.01. The van der Waals surface area contributed by atoms with Crippen LogP contribution in [0.15, 0.2) is 30.5 Å². The monoisotopic (exact) mass is 254 g/mol. The van der Waals surface area contributed by atoms with Gasteiger partial charge in [0.15, 0.2) is 5.76 Å². The van der Waals surface area contributed by atoms with Crippen LogP contribution >= 0.6 is 11.6 Å². The van der Waals surface area contributed by atoms with Gasteiger partial charge in [0.05, 0.1) is 0 Å². The van der Waals surface area contributed by atoms with Gasteiger partial charge in [-0.15, -0.1) is 0 Å². The van der Waals surface area contributed by atoms with Gasteiger partial charge in [0.1, 0.15) is 6.26 Å². The first-order chi connectivity index (χ1) is 7.99. The Hall–Kier alpha value is -1.81. The molecule has 0 radical (unpaired) electrons. The van der Waals surface area contributed by atoms with Gasteiger partial charge in [-0.25, -0.2) is 0 Å². The molecule has 0 aromatic heterocycles. The topological polar surface area (TPSA) is 52.6 Å². The van der Waals surface area contributed by atoms with E-state index in [4.69, 9.17) is 16.3 Å². The van der Waals surface area contributed by atoms with Crippen LogP contribution in [0.5, 0.6) is 0 Å². The minimum Gasteiger partial charge on any atom is -0.431 e. The number of hydrogen-bond acceptors (Lipinski definition) is 4. The Kier molecular flexibility index (Phi) is 4.72. The number of hydrogen-bond donors (Lipinski definition) is 0. The molecule has 0 aliphatic carbocycles. The van der Waals surface area contributed by atoms with Gasteiger partial charge in [-0.2, -0.15) is 0 Å². The molecular weight excluding hydrogens is 244 g/mol. The van der Waals surface area contributed by atoms with Crippen molar-refractivity contribution < 1.29 is 19.1 Å². The summed E-state index contributed by atoms with van der Waals surface area (Å²) >= 11 is 5.81. The molecule has 0 fully saturated rings. The molecule has 0 bridgehead atoms. The summed E-state index contributed by atoms with van der Waals surface area (Å²) in [6, 6.07) is 6.66. The third-order valence-electron chi connectivity index (χ3n) is 1.69. The number of halogens is 1. The first-order valence-corrected chi connectivity index (χ1v) is 5.18. The summed E-state index contributed by atoms with van der Waals surface area (Å²) in [5.74, 6) is -0.879. The lowest BCUT2D eigenvalue weighted by atomic mass is 10.2. The van der Waals surface area contributed by atoms with Crippen molar-refractivity contribution in [3.63, 3.8) is 0 Å². The maximum Gasteiger partial charge on any atom is 0.308 e. The van der Waals surface area contributed by atoms with E-state index in [9.17, 15) is 9.59 Å². The molecule has 0 aliphatic rings. The van der Waals surface area contributed by atoms with E-state index in [0.717, 1.165) is 6.26 Å². The number of benzene rings is 1. The zero-order chi connectivity index (χ0) is 12.8. The molecule has 1 aromatic carbocycles. The normalized spacial score (nSPS) is 10.9. The van der Waals surface area contributed by atoms with E-state index in [2.05, 4.69) is 4.74 Å². The second-order valence-corrected chi connectivity index (χ2v) is 3.63. The van der Waals surface area contributed by atoms with E-state index < -0.39 is 11.9 Å². The van der Waals surface area contributed by atoms with Crippen LogP contribution in [-0.2, 0) is 19.1 Å². The van der Waals surface area contributed by atoms with Crippen LogP contribution in [0.2, 0.25) is 5.02 Å². The van der Waals surface area contributed by atoms with E-state index in [1.165, 1.54) is 13.8 Å². The van der Waals surface area contributed by atoms with Crippen molar-refractivity contribution in [3.8, 4) is 0 Å². The average molecular weight is 255 g/mol. The number of ether oxygens (including phenoxy) is 2. The zero-order valence-electron chi connectivity index (χ0n) is 9.40. The summed E-state index contributed by atoms with van der Waals surface area (Å²) in [5.41, 5.74) is 0.550. The Morgan fingerprint density at radius 1 is 1.24 bits per heavy atom. The third kappa shape index (κ3) is 4.70. The van der Waals surface area contributed by atoms with Crippen molar-refractivity contribution >= 4 is 29.3 Å². The lowest BCUT2D eigenvalue weighted by Gasteiger charge is -2.07. The van der Waals surface area contributed by atoms with E-state index in [1.807, 2.05) is 0 Å². The molecule has 5 heteroatoms. The molecule has 0 unspecified atom stereocenters. The fourth-order valence-electron chi connectivity index (χ4n) is 1.08. The van der Waals surface area contributed by atoms with Crippen LogP contribution in [0.1, 0.15) is 19.4 Å². The first kappa shape index (κ1) is 13.3. The molecule has 0 spiro atoms. The number of carbonyl (C=O) groups excluding carboxylic acids is 2. The van der Waals surface area contributed by atoms with Gasteiger partial charge in [-0.1, -0.05) is 23.7 Å². The fraction of sp³-hybridized carbons (Fsp3) is 0.167. The summed E-state index contributed by atoms with van der Waals surface area (Å²) in [6.45, 7) is 2.51. The summed E-state index contributed by atoms with van der Waals surface area (Å²) in [6.07, 6.45) is 1.08. The Morgan fingerprint density at radius 3 is 2.47 bits per heavy atom. The largest absolute Gasteiger partial charge is 0.431 e. The van der Waals surface area contributed by atoms with Crippen LogP contribution in [0.25, 0.3) is 5.76 Å². The molecule has 90 valence electrons. The standard InChI is InChI=1S/C12H11ClO4/c1-8(14)16-7-12(17-9(2)15)10-4-3-5-11(13)6-10/h3-7H,1-2H3/b12-7-. The van der Waals surface area contributed by atoms with Gasteiger partial charge in [0.2, 0.25) is 0 Å². The van der Waals surface area contributed by atoms with E-state index in [0.29, 0.717) is 10.6 Å². The van der Waals surface area contributed by atoms with Crippen molar-refractivity contribution in [2.45, 2.75) is 13.8 Å². The lowest BCUT2D eigenvalue weighted by molar-refractivity contribution is -0.137. The molecule has 0 heterocycles. The zero-order valence-corrected chi connectivity index (χ0v) is 10.2. The maximum absolute atomic E-state index is 10.9. The molecule has 0 saturated carbocycles. The van der Waals surface area contributed by atoms with E-state index in [1.54, 1.807) is 24.3 Å². The van der Waals surface area contributed by atoms with Gasteiger partial charge in [0.25, 0.3) is 0 Å². The molecule has 4 nitrogen and oxygen atoms in total. The van der Waals surface area contributed by atoms with Gasteiger partial charge in [-0.05, 0) is 12.1 Å². The SMILES string of the molecule is CC(=O)O/C=C(\OC(C)=O)c1cccc(Cl)c1. The highest BCUT2D eigenvalue weighted by atomic mass is 35.5. The van der Waals surface area contributed by atoms with Crippen molar-refractivity contribution in [3.05, 3.63) is 41.1 Å². The second-order valence-electron chi connectivity index (χ2n) is 3.20. The van der Waals surface area contributed by atoms with E-state index >= 15 is 0 Å². The molecule has 1 aromatic rings. The molecular formula is C12H11ClO4. The first-order valence-electron chi connectivity index (χ1n) is 4.81. The van der Waals surface area contributed by atoms with Gasteiger partial charge < -0.3 is 9.47 Å². The Bertz CT molecular complexity index is 465. The molecule has 0 saturated heterocycles. The van der Waals surface area contributed by atoms with Crippen LogP contribution in [0.3, 0.4) is 0 Å².